The second kappa shape index (κ2) is 5.87. The van der Waals surface area contributed by atoms with Crippen molar-refractivity contribution in [3.05, 3.63) is 35.9 Å². The minimum absolute atomic E-state index is 0.0671. The van der Waals surface area contributed by atoms with Gasteiger partial charge in [-0.05, 0) is 31.2 Å². The second-order valence-corrected chi connectivity index (χ2v) is 7.35. The van der Waals surface area contributed by atoms with Gasteiger partial charge in [-0.2, -0.15) is 0 Å². The van der Waals surface area contributed by atoms with Gasteiger partial charge < -0.3 is 5.32 Å². The van der Waals surface area contributed by atoms with E-state index in [0.717, 1.165) is 13.1 Å². The maximum absolute atomic E-state index is 3.75. The zero-order valence-corrected chi connectivity index (χ0v) is 13.7. The zero-order valence-electron chi connectivity index (χ0n) is 13.7. The highest BCUT2D eigenvalue weighted by Gasteiger charge is 2.36. The summed E-state index contributed by atoms with van der Waals surface area (Å²) in [6, 6.07) is 11.5. The van der Waals surface area contributed by atoms with Crippen LogP contribution in [-0.4, -0.2) is 30.6 Å². The van der Waals surface area contributed by atoms with Gasteiger partial charge in [-0.25, -0.2) is 0 Å². The van der Waals surface area contributed by atoms with Gasteiger partial charge in [0.1, 0.15) is 0 Å². The van der Waals surface area contributed by atoms with Gasteiger partial charge >= 0.3 is 0 Å². The Morgan fingerprint density at radius 2 is 1.95 bits per heavy atom. The van der Waals surface area contributed by atoms with E-state index in [1.54, 1.807) is 0 Å². The van der Waals surface area contributed by atoms with Gasteiger partial charge in [-0.3, -0.25) is 4.90 Å². The van der Waals surface area contributed by atoms with E-state index in [4.69, 9.17) is 0 Å². The minimum Gasteiger partial charge on any atom is -0.305 e. The summed E-state index contributed by atoms with van der Waals surface area (Å²) in [4.78, 5) is 2.66. The number of nitrogens with zero attached hydrogens (tertiary/aromatic N) is 1. The Morgan fingerprint density at radius 3 is 2.55 bits per heavy atom. The van der Waals surface area contributed by atoms with Crippen LogP contribution in [0, 0.1) is 5.41 Å². The number of rotatable bonds is 4. The fraction of sp³-hybridized carbons (Fsp3) is 0.667. The van der Waals surface area contributed by atoms with Gasteiger partial charge in [0.15, 0.2) is 0 Å². The van der Waals surface area contributed by atoms with E-state index in [-0.39, 0.29) is 5.54 Å². The molecule has 0 amide bonds. The summed E-state index contributed by atoms with van der Waals surface area (Å²) >= 11 is 0. The lowest BCUT2D eigenvalue weighted by Crippen LogP contribution is -2.61. The number of benzene rings is 1. The smallest absolute Gasteiger partial charge is 0.0535 e. The van der Waals surface area contributed by atoms with Crippen LogP contribution in [0.5, 0.6) is 0 Å². The van der Waals surface area contributed by atoms with Gasteiger partial charge in [-0.1, -0.05) is 51.1 Å². The van der Waals surface area contributed by atoms with Crippen LogP contribution in [0.2, 0.25) is 0 Å². The van der Waals surface area contributed by atoms with Gasteiger partial charge in [0.05, 0.1) is 5.54 Å². The maximum Gasteiger partial charge on any atom is 0.0535 e. The monoisotopic (exact) mass is 274 g/mol. The number of piperazine rings is 1. The van der Waals surface area contributed by atoms with Crippen molar-refractivity contribution in [1.29, 1.82) is 0 Å². The van der Waals surface area contributed by atoms with Crippen LogP contribution in [0.15, 0.2) is 30.3 Å². The molecule has 1 aliphatic heterocycles. The molecule has 0 spiro atoms. The zero-order chi connectivity index (χ0) is 14.8. The minimum atomic E-state index is 0.0671. The molecule has 1 heterocycles. The summed E-state index contributed by atoms with van der Waals surface area (Å²) in [5, 5.41) is 3.75. The van der Waals surface area contributed by atoms with Crippen LogP contribution >= 0.6 is 0 Å². The molecule has 2 rings (SSSR count). The molecule has 2 heteroatoms. The third-order valence-electron chi connectivity index (χ3n) is 4.93. The summed E-state index contributed by atoms with van der Waals surface area (Å²) in [6.45, 7) is 15.0. The van der Waals surface area contributed by atoms with Crippen LogP contribution in [0.25, 0.3) is 0 Å². The molecular weight excluding hydrogens is 244 g/mol. The molecule has 1 aliphatic rings. The largest absolute Gasteiger partial charge is 0.305 e. The quantitative estimate of drug-likeness (QED) is 0.902. The van der Waals surface area contributed by atoms with Gasteiger partial charge in [0.2, 0.25) is 0 Å². The number of hydrogen-bond acceptors (Lipinski definition) is 2. The average molecular weight is 274 g/mol. The first-order chi connectivity index (χ1) is 9.36. The van der Waals surface area contributed by atoms with Crippen molar-refractivity contribution in [2.24, 2.45) is 5.41 Å². The fourth-order valence-electron chi connectivity index (χ4n) is 2.99. The van der Waals surface area contributed by atoms with Crippen LogP contribution in [0.4, 0.5) is 0 Å². The molecule has 1 saturated heterocycles. The lowest BCUT2D eigenvalue weighted by molar-refractivity contribution is 0.0577. The topological polar surface area (TPSA) is 15.3 Å². The standard InChI is InChI=1S/C18H30N2/c1-6-17(3,4)13-20-14-18(5,19-12-15(20)2)16-10-8-7-9-11-16/h7-11,15,19H,6,12-14H2,1-5H3. The highest BCUT2D eigenvalue weighted by atomic mass is 15.3. The molecule has 1 aromatic rings. The van der Waals surface area contributed by atoms with Gasteiger partial charge in [0.25, 0.3) is 0 Å². The summed E-state index contributed by atoms with van der Waals surface area (Å²) in [5.41, 5.74) is 1.85. The highest BCUT2D eigenvalue weighted by molar-refractivity contribution is 5.25. The lowest BCUT2D eigenvalue weighted by atomic mass is 9.85. The van der Waals surface area contributed by atoms with Crippen molar-refractivity contribution < 1.29 is 0 Å². The third kappa shape index (κ3) is 3.42. The Bertz CT molecular complexity index is 426. The van der Waals surface area contributed by atoms with Gasteiger partial charge in [-0.15, -0.1) is 0 Å². The van der Waals surface area contributed by atoms with Crippen molar-refractivity contribution >= 4 is 0 Å². The molecule has 0 radical (unpaired) electrons. The predicted molar refractivity (Wildman–Crippen MR) is 86.9 cm³/mol. The summed E-state index contributed by atoms with van der Waals surface area (Å²) in [5.74, 6) is 0. The van der Waals surface area contributed by atoms with Crippen molar-refractivity contribution in [3.63, 3.8) is 0 Å². The Kier molecular flexibility index (Phi) is 4.55. The molecule has 1 fully saturated rings. The summed E-state index contributed by atoms with van der Waals surface area (Å²) in [6.07, 6.45) is 1.23. The van der Waals surface area contributed by atoms with Gasteiger partial charge in [0, 0.05) is 25.7 Å². The van der Waals surface area contributed by atoms with Crippen molar-refractivity contribution in [2.45, 2.75) is 52.6 Å². The molecule has 2 atom stereocenters. The van der Waals surface area contributed by atoms with E-state index in [1.165, 1.54) is 18.5 Å². The third-order valence-corrected chi connectivity index (χ3v) is 4.93. The van der Waals surface area contributed by atoms with E-state index < -0.39 is 0 Å². The van der Waals surface area contributed by atoms with E-state index in [0.29, 0.717) is 11.5 Å². The van der Waals surface area contributed by atoms with E-state index in [9.17, 15) is 0 Å². The van der Waals surface area contributed by atoms with Crippen LogP contribution in [-0.2, 0) is 5.54 Å². The summed E-state index contributed by atoms with van der Waals surface area (Å²) < 4.78 is 0. The Balaban J connectivity index is 2.15. The van der Waals surface area contributed by atoms with Crippen LogP contribution < -0.4 is 5.32 Å². The molecule has 1 aromatic carbocycles. The first kappa shape index (κ1) is 15.5. The normalized spacial score (nSPS) is 28.6. The Hall–Kier alpha value is -0.860. The van der Waals surface area contributed by atoms with E-state index in [2.05, 4.69) is 75.2 Å². The SMILES string of the molecule is CCC(C)(C)CN1CC(C)(c2ccccc2)NCC1C. The van der Waals surface area contributed by atoms with E-state index >= 15 is 0 Å². The average Bonchev–Trinajstić information content (AvgIpc) is 2.44. The van der Waals surface area contributed by atoms with E-state index in [1.807, 2.05) is 0 Å². The summed E-state index contributed by atoms with van der Waals surface area (Å²) in [7, 11) is 0. The van der Waals surface area contributed by atoms with Crippen LogP contribution in [0.3, 0.4) is 0 Å². The molecular formula is C18H30N2. The second-order valence-electron chi connectivity index (χ2n) is 7.35. The predicted octanol–water partition coefficient (Wildman–Crippen LogP) is 3.63. The molecule has 112 valence electrons. The molecule has 0 aliphatic carbocycles. The number of hydrogen-bond donors (Lipinski definition) is 1. The Morgan fingerprint density at radius 1 is 1.30 bits per heavy atom. The Labute approximate surface area is 124 Å². The molecule has 20 heavy (non-hydrogen) atoms. The first-order valence-electron chi connectivity index (χ1n) is 7.91. The molecule has 0 saturated carbocycles. The first-order valence-corrected chi connectivity index (χ1v) is 7.91. The van der Waals surface area contributed by atoms with Crippen molar-refractivity contribution in [3.8, 4) is 0 Å². The lowest BCUT2D eigenvalue weighted by Gasteiger charge is -2.47. The molecule has 2 nitrogen and oxygen atoms in total. The van der Waals surface area contributed by atoms with Crippen molar-refractivity contribution in [2.75, 3.05) is 19.6 Å². The molecule has 0 bridgehead atoms. The highest BCUT2D eigenvalue weighted by Crippen LogP contribution is 2.30. The van der Waals surface area contributed by atoms with Crippen molar-refractivity contribution in [1.82, 2.24) is 10.2 Å². The fourth-order valence-corrected chi connectivity index (χ4v) is 2.99. The molecule has 1 N–H and O–H groups in total. The maximum atomic E-state index is 3.75. The number of nitrogens with one attached hydrogen (secondary N) is 1. The molecule has 2 unspecified atom stereocenters. The van der Waals surface area contributed by atoms with Crippen LogP contribution in [0.1, 0.15) is 46.6 Å². The molecule has 0 aromatic heterocycles.